The maximum absolute atomic E-state index is 13.7. The third kappa shape index (κ3) is 4.19. The predicted molar refractivity (Wildman–Crippen MR) is 119 cm³/mol. The zero-order valence-electron chi connectivity index (χ0n) is 18.0. The molecule has 0 radical (unpaired) electrons. The van der Waals surface area contributed by atoms with E-state index < -0.39 is 11.6 Å². The molecule has 0 unspecified atom stereocenters. The normalized spacial score (nSPS) is 17.5. The number of ether oxygens (including phenoxy) is 1. The number of fused-ring (bicyclic) bond motifs is 1. The number of nitrogens with zero attached hydrogens (tertiary/aromatic N) is 3. The Labute approximate surface area is 185 Å². The van der Waals surface area contributed by atoms with Crippen LogP contribution in [0.25, 0.3) is 0 Å². The molecular formula is C23H24FN5O3. The van der Waals surface area contributed by atoms with Crippen molar-refractivity contribution in [3.63, 3.8) is 0 Å². The van der Waals surface area contributed by atoms with Crippen LogP contribution < -0.4 is 20.3 Å². The first-order valence-electron chi connectivity index (χ1n) is 10.1. The molecule has 3 aromatic rings. The van der Waals surface area contributed by atoms with Crippen molar-refractivity contribution in [3.05, 3.63) is 71.2 Å². The number of carbonyl (C=O) groups is 1. The zero-order valence-corrected chi connectivity index (χ0v) is 18.0. The van der Waals surface area contributed by atoms with Crippen LogP contribution in [-0.2, 0) is 17.9 Å². The Balaban J connectivity index is 1.41. The molecule has 0 spiro atoms. The van der Waals surface area contributed by atoms with Crippen LogP contribution in [0.1, 0.15) is 23.7 Å². The maximum Gasteiger partial charge on any atom is 0.277 e. The quantitative estimate of drug-likeness (QED) is 0.545. The van der Waals surface area contributed by atoms with Gasteiger partial charge in [0.05, 0.1) is 5.69 Å². The summed E-state index contributed by atoms with van der Waals surface area (Å²) < 4.78 is 19.4. The van der Waals surface area contributed by atoms with Crippen LogP contribution in [0.3, 0.4) is 0 Å². The lowest BCUT2D eigenvalue weighted by Gasteiger charge is -2.38. The predicted octanol–water partition coefficient (Wildman–Crippen LogP) is 3.21. The second-order valence-electron chi connectivity index (χ2n) is 7.74. The minimum absolute atomic E-state index is 0.153. The number of halogens is 1. The van der Waals surface area contributed by atoms with Gasteiger partial charge in [-0.3, -0.25) is 4.79 Å². The summed E-state index contributed by atoms with van der Waals surface area (Å²) in [4.78, 5) is 22.4. The highest BCUT2D eigenvalue weighted by molar-refractivity contribution is 6.04. The molecule has 0 bridgehead atoms. The number of aryl methyl sites for hydroxylation is 1. The fourth-order valence-electron chi connectivity index (χ4n) is 3.28. The van der Waals surface area contributed by atoms with E-state index in [1.165, 1.54) is 17.9 Å². The van der Waals surface area contributed by atoms with E-state index in [9.17, 15) is 14.3 Å². The molecule has 0 aliphatic carbocycles. The Morgan fingerprint density at radius 1 is 1.19 bits per heavy atom. The lowest BCUT2D eigenvalue weighted by atomic mass is 10.1. The molecule has 2 heterocycles. The first-order valence-corrected chi connectivity index (χ1v) is 10.1. The highest BCUT2D eigenvalue weighted by atomic mass is 19.1. The Bertz CT molecular complexity index is 1150. The molecule has 0 saturated heterocycles. The summed E-state index contributed by atoms with van der Waals surface area (Å²) >= 11 is 0. The number of likely N-dealkylation sites (N-methyl/N-ethyl adjacent to an activating group) is 1. The molecule has 4 rings (SSSR count). The Morgan fingerprint density at radius 3 is 2.62 bits per heavy atom. The smallest absolute Gasteiger partial charge is 0.277 e. The third-order valence-corrected chi connectivity index (χ3v) is 5.44. The van der Waals surface area contributed by atoms with Gasteiger partial charge in [0.25, 0.3) is 5.91 Å². The van der Waals surface area contributed by atoms with Gasteiger partial charge in [0.2, 0.25) is 11.7 Å². The average molecular weight is 437 g/mol. The summed E-state index contributed by atoms with van der Waals surface area (Å²) in [5, 5.41) is 16.2. The lowest BCUT2D eigenvalue weighted by molar-refractivity contribution is -0.132. The van der Waals surface area contributed by atoms with Gasteiger partial charge in [-0.25, -0.2) is 9.37 Å². The van der Waals surface area contributed by atoms with Crippen LogP contribution in [0.15, 0.2) is 48.5 Å². The first kappa shape index (κ1) is 21.5. The second-order valence-corrected chi connectivity index (χ2v) is 7.74. The van der Waals surface area contributed by atoms with Crippen LogP contribution in [0.5, 0.6) is 5.75 Å². The molecule has 1 aliphatic rings. The van der Waals surface area contributed by atoms with Crippen molar-refractivity contribution < 1.29 is 19.0 Å². The summed E-state index contributed by atoms with van der Waals surface area (Å²) in [5.74, 6) is 0.622. The van der Waals surface area contributed by atoms with Gasteiger partial charge in [-0.2, -0.15) is 4.98 Å². The Morgan fingerprint density at radius 2 is 1.91 bits per heavy atom. The van der Waals surface area contributed by atoms with Crippen molar-refractivity contribution in [2.24, 2.45) is 0 Å². The van der Waals surface area contributed by atoms with Gasteiger partial charge in [-0.1, -0.05) is 30.3 Å². The summed E-state index contributed by atoms with van der Waals surface area (Å²) in [6, 6.07) is 13.9. The van der Waals surface area contributed by atoms with Crippen LogP contribution >= 0.6 is 0 Å². The molecule has 1 atom stereocenters. The van der Waals surface area contributed by atoms with Crippen molar-refractivity contribution in [3.8, 4) is 5.75 Å². The molecular weight excluding hydrogens is 413 g/mol. The molecule has 0 fully saturated rings. The summed E-state index contributed by atoms with van der Waals surface area (Å²) in [6.45, 7) is 3.78. The van der Waals surface area contributed by atoms with Gasteiger partial charge in [0.15, 0.2) is 5.82 Å². The summed E-state index contributed by atoms with van der Waals surface area (Å²) in [5.41, 5.74) is 0.828. The van der Waals surface area contributed by atoms with Gasteiger partial charge in [-0.15, -0.1) is 0 Å². The number of rotatable bonds is 6. The summed E-state index contributed by atoms with van der Waals surface area (Å²) in [7, 11) is 1.60. The second kappa shape index (κ2) is 8.43. The maximum atomic E-state index is 13.7. The van der Waals surface area contributed by atoms with E-state index >= 15 is 0 Å². The fourth-order valence-corrected chi connectivity index (χ4v) is 3.28. The number of amides is 1. The molecule has 9 heteroatoms. The van der Waals surface area contributed by atoms with Crippen LogP contribution in [0, 0.1) is 12.7 Å². The van der Waals surface area contributed by atoms with Crippen LogP contribution in [0.4, 0.5) is 21.8 Å². The standard InChI is InChI=1S/C23H24FN5O3/c1-14-19-20(29(3)23(2,31)21(30)27-19)28-22(26-14)25-12-15-8-10-17(11-9-15)32-13-16-6-4-5-7-18(16)24/h4-11,31H,12-13H2,1-3H3,(H,27,30)(H,25,26,28)/t23-/m0/s1. The van der Waals surface area contributed by atoms with E-state index in [0.717, 1.165) is 5.56 Å². The number of benzene rings is 2. The zero-order chi connectivity index (χ0) is 22.9. The van der Waals surface area contributed by atoms with Gasteiger partial charge in [0, 0.05) is 19.2 Å². The van der Waals surface area contributed by atoms with Crippen molar-refractivity contribution in [1.29, 1.82) is 0 Å². The molecule has 0 saturated carbocycles. The van der Waals surface area contributed by atoms with Gasteiger partial charge in [0.1, 0.15) is 23.9 Å². The number of carbonyl (C=O) groups excluding carboxylic acids is 1. The molecule has 1 amide bonds. The number of anilines is 3. The van der Waals surface area contributed by atoms with Crippen molar-refractivity contribution in [2.75, 3.05) is 22.6 Å². The number of aromatic nitrogens is 2. The van der Waals surface area contributed by atoms with Gasteiger partial charge < -0.3 is 25.4 Å². The summed E-state index contributed by atoms with van der Waals surface area (Å²) in [6.07, 6.45) is 0. The van der Waals surface area contributed by atoms with E-state index in [1.54, 1.807) is 32.2 Å². The number of hydrogen-bond donors (Lipinski definition) is 3. The van der Waals surface area contributed by atoms with Crippen molar-refractivity contribution >= 4 is 23.4 Å². The molecule has 2 aromatic carbocycles. The first-order chi connectivity index (χ1) is 15.3. The van der Waals surface area contributed by atoms with E-state index in [4.69, 9.17) is 4.74 Å². The van der Waals surface area contributed by atoms with Gasteiger partial charge in [-0.05, 0) is 37.6 Å². The molecule has 32 heavy (non-hydrogen) atoms. The molecule has 166 valence electrons. The van der Waals surface area contributed by atoms with E-state index in [0.29, 0.717) is 41.0 Å². The highest BCUT2D eigenvalue weighted by Gasteiger charge is 2.42. The average Bonchev–Trinajstić information content (AvgIpc) is 2.77. The van der Waals surface area contributed by atoms with Gasteiger partial charge >= 0.3 is 0 Å². The van der Waals surface area contributed by atoms with E-state index in [-0.39, 0.29) is 12.4 Å². The highest BCUT2D eigenvalue weighted by Crippen LogP contribution is 2.35. The number of nitrogens with one attached hydrogen (secondary N) is 2. The van der Waals surface area contributed by atoms with Crippen molar-refractivity contribution in [2.45, 2.75) is 32.7 Å². The molecule has 1 aliphatic heterocycles. The van der Waals surface area contributed by atoms with E-state index in [1.807, 2.05) is 24.3 Å². The topological polar surface area (TPSA) is 99.6 Å². The number of aliphatic hydroxyl groups is 1. The molecule has 8 nitrogen and oxygen atoms in total. The monoisotopic (exact) mass is 437 g/mol. The Hall–Kier alpha value is -3.72. The van der Waals surface area contributed by atoms with Crippen molar-refractivity contribution in [1.82, 2.24) is 9.97 Å². The Kier molecular flexibility index (Phi) is 5.67. The SMILES string of the molecule is Cc1nc(NCc2ccc(OCc3ccccc3F)cc2)nc2c1NC(=O)[C@](C)(O)N2C. The fraction of sp³-hybridized carbons (Fsp3) is 0.261. The van der Waals surface area contributed by atoms with Crippen LogP contribution in [0.2, 0.25) is 0 Å². The number of hydrogen-bond acceptors (Lipinski definition) is 7. The molecule has 1 aromatic heterocycles. The van der Waals surface area contributed by atoms with Crippen LogP contribution in [-0.4, -0.2) is 33.8 Å². The third-order valence-electron chi connectivity index (χ3n) is 5.44. The minimum atomic E-state index is -1.70. The largest absolute Gasteiger partial charge is 0.489 e. The lowest BCUT2D eigenvalue weighted by Crippen LogP contribution is -2.57. The molecule has 3 N–H and O–H groups in total. The van der Waals surface area contributed by atoms with E-state index in [2.05, 4.69) is 20.6 Å². The minimum Gasteiger partial charge on any atom is -0.489 e.